The second-order valence-electron chi connectivity index (χ2n) is 8.52. The maximum absolute atomic E-state index is 12.0. The summed E-state index contributed by atoms with van der Waals surface area (Å²) in [4.78, 5) is 12.0. The number of fused-ring (bicyclic) bond motifs is 2. The van der Waals surface area contributed by atoms with Crippen LogP contribution in [-0.4, -0.2) is 56.6 Å². The molecule has 0 saturated heterocycles. The van der Waals surface area contributed by atoms with Gasteiger partial charge in [-0.1, -0.05) is 6.07 Å². The monoisotopic (exact) mass is 480 g/mol. The maximum Gasteiger partial charge on any atom is 0.224 e. The molecule has 1 amide bonds. The van der Waals surface area contributed by atoms with Crippen molar-refractivity contribution in [1.29, 1.82) is 0 Å². The van der Waals surface area contributed by atoms with Crippen LogP contribution in [0.4, 0.5) is 5.69 Å². The SMILES string of the molecule is C#CCCCOc1ccc(OCC(O)CNCCc2ccc3c(c2)OCCO3)c2c1NC(=O)CC2. The molecule has 8 heteroatoms. The summed E-state index contributed by atoms with van der Waals surface area (Å²) in [6, 6.07) is 9.57. The minimum absolute atomic E-state index is 0.0506. The van der Waals surface area contributed by atoms with E-state index >= 15 is 0 Å². The Morgan fingerprint density at radius 2 is 1.94 bits per heavy atom. The van der Waals surface area contributed by atoms with Gasteiger partial charge in [0.2, 0.25) is 5.91 Å². The topological polar surface area (TPSA) is 98.3 Å². The van der Waals surface area contributed by atoms with E-state index in [1.807, 2.05) is 24.3 Å². The lowest BCUT2D eigenvalue weighted by Gasteiger charge is -2.23. The lowest BCUT2D eigenvalue weighted by atomic mass is 10.0. The molecule has 1 atom stereocenters. The van der Waals surface area contributed by atoms with Crippen LogP contribution >= 0.6 is 0 Å². The first-order valence-electron chi connectivity index (χ1n) is 12.1. The zero-order chi connectivity index (χ0) is 24.5. The predicted molar refractivity (Wildman–Crippen MR) is 132 cm³/mol. The fraction of sp³-hybridized carbons (Fsp3) is 0.444. The van der Waals surface area contributed by atoms with Crippen LogP contribution in [0.1, 0.15) is 30.4 Å². The Balaban J connectivity index is 1.24. The third-order valence-corrected chi connectivity index (χ3v) is 5.83. The largest absolute Gasteiger partial charge is 0.491 e. The number of anilines is 1. The van der Waals surface area contributed by atoms with Crippen molar-refractivity contribution >= 4 is 11.6 Å². The summed E-state index contributed by atoms with van der Waals surface area (Å²) < 4.78 is 22.9. The third-order valence-electron chi connectivity index (χ3n) is 5.83. The van der Waals surface area contributed by atoms with E-state index < -0.39 is 6.10 Å². The Morgan fingerprint density at radius 3 is 2.80 bits per heavy atom. The van der Waals surface area contributed by atoms with Crippen LogP contribution < -0.4 is 29.6 Å². The number of hydrogen-bond acceptors (Lipinski definition) is 7. The quantitative estimate of drug-likeness (QED) is 0.317. The lowest BCUT2D eigenvalue weighted by molar-refractivity contribution is -0.116. The van der Waals surface area contributed by atoms with E-state index in [1.165, 1.54) is 0 Å². The van der Waals surface area contributed by atoms with Crippen molar-refractivity contribution in [2.24, 2.45) is 0 Å². The number of hydrogen-bond donors (Lipinski definition) is 3. The molecular formula is C27H32N2O6. The number of carbonyl (C=O) groups is 1. The summed E-state index contributed by atoms with van der Waals surface area (Å²) in [6.45, 7) is 2.88. The molecule has 186 valence electrons. The fourth-order valence-electron chi connectivity index (χ4n) is 4.03. The van der Waals surface area contributed by atoms with Crippen LogP contribution in [0.5, 0.6) is 23.0 Å². The highest BCUT2D eigenvalue weighted by Crippen LogP contribution is 2.39. The number of carbonyl (C=O) groups excluding carboxylic acids is 1. The van der Waals surface area contributed by atoms with Gasteiger partial charge in [-0.25, -0.2) is 0 Å². The van der Waals surface area contributed by atoms with E-state index in [4.69, 9.17) is 25.4 Å². The average Bonchev–Trinajstić information content (AvgIpc) is 2.88. The van der Waals surface area contributed by atoms with E-state index in [9.17, 15) is 9.90 Å². The van der Waals surface area contributed by atoms with Crippen molar-refractivity contribution < 1.29 is 28.8 Å². The molecule has 2 aliphatic heterocycles. The Hall–Kier alpha value is -3.41. The normalized spacial score (nSPS) is 14.9. The number of rotatable bonds is 12. The summed E-state index contributed by atoms with van der Waals surface area (Å²) >= 11 is 0. The van der Waals surface area contributed by atoms with Gasteiger partial charge in [0.05, 0.1) is 12.3 Å². The molecule has 35 heavy (non-hydrogen) atoms. The van der Waals surface area contributed by atoms with E-state index in [-0.39, 0.29) is 12.5 Å². The molecule has 2 aromatic carbocycles. The summed E-state index contributed by atoms with van der Waals surface area (Å²) in [5.74, 6) is 5.36. The molecule has 0 aromatic heterocycles. The van der Waals surface area contributed by atoms with E-state index in [1.54, 1.807) is 6.07 Å². The summed E-state index contributed by atoms with van der Waals surface area (Å²) in [5, 5.41) is 16.6. The van der Waals surface area contributed by atoms with Gasteiger partial charge >= 0.3 is 0 Å². The highest BCUT2D eigenvalue weighted by molar-refractivity contribution is 5.96. The van der Waals surface area contributed by atoms with Crippen LogP contribution in [-0.2, 0) is 17.6 Å². The Morgan fingerprint density at radius 1 is 1.11 bits per heavy atom. The van der Waals surface area contributed by atoms with E-state index in [0.29, 0.717) is 69.4 Å². The van der Waals surface area contributed by atoms with Gasteiger partial charge in [-0.2, -0.15) is 0 Å². The Kier molecular flexibility index (Phi) is 8.71. The molecule has 2 aliphatic rings. The van der Waals surface area contributed by atoms with Gasteiger partial charge in [-0.05, 0) is 55.6 Å². The van der Waals surface area contributed by atoms with Crippen molar-refractivity contribution in [1.82, 2.24) is 5.32 Å². The minimum atomic E-state index is -0.677. The fourth-order valence-corrected chi connectivity index (χ4v) is 4.03. The summed E-state index contributed by atoms with van der Waals surface area (Å²) in [7, 11) is 0. The molecule has 4 rings (SSSR count). The molecular weight excluding hydrogens is 448 g/mol. The van der Waals surface area contributed by atoms with Crippen LogP contribution in [0.2, 0.25) is 0 Å². The van der Waals surface area contributed by atoms with Gasteiger partial charge in [0.1, 0.15) is 37.4 Å². The van der Waals surface area contributed by atoms with Crippen molar-refractivity contribution in [3.8, 4) is 35.3 Å². The van der Waals surface area contributed by atoms with Gasteiger partial charge in [0, 0.05) is 24.9 Å². The predicted octanol–water partition coefficient (Wildman–Crippen LogP) is 2.71. The zero-order valence-corrected chi connectivity index (χ0v) is 19.8. The third kappa shape index (κ3) is 6.81. The van der Waals surface area contributed by atoms with Gasteiger partial charge in [-0.15, -0.1) is 12.3 Å². The van der Waals surface area contributed by atoms with Gasteiger partial charge in [0.15, 0.2) is 11.5 Å². The zero-order valence-electron chi connectivity index (χ0n) is 19.8. The first-order valence-corrected chi connectivity index (χ1v) is 12.1. The molecule has 2 aromatic rings. The average molecular weight is 481 g/mol. The van der Waals surface area contributed by atoms with Crippen LogP contribution in [0.3, 0.4) is 0 Å². The maximum atomic E-state index is 12.0. The van der Waals surface area contributed by atoms with Crippen LogP contribution in [0, 0.1) is 12.3 Å². The van der Waals surface area contributed by atoms with E-state index in [0.717, 1.165) is 35.5 Å². The molecule has 3 N–H and O–H groups in total. The lowest BCUT2D eigenvalue weighted by Crippen LogP contribution is -2.32. The number of ether oxygens (including phenoxy) is 4. The first kappa shape index (κ1) is 24.7. The summed E-state index contributed by atoms with van der Waals surface area (Å²) in [5.41, 5.74) is 2.67. The number of benzene rings is 2. The molecule has 0 saturated carbocycles. The molecule has 1 unspecified atom stereocenters. The first-order chi connectivity index (χ1) is 17.1. The minimum Gasteiger partial charge on any atom is -0.491 e. The van der Waals surface area contributed by atoms with Crippen LogP contribution in [0.15, 0.2) is 30.3 Å². The molecule has 0 spiro atoms. The number of unbranched alkanes of at least 4 members (excludes halogenated alkanes) is 1. The molecule has 8 nitrogen and oxygen atoms in total. The van der Waals surface area contributed by atoms with Crippen molar-refractivity contribution in [3.05, 3.63) is 41.5 Å². The molecule has 0 fully saturated rings. The molecule has 0 radical (unpaired) electrons. The number of amides is 1. The second kappa shape index (κ2) is 12.3. The van der Waals surface area contributed by atoms with Gasteiger partial charge in [-0.3, -0.25) is 4.79 Å². The number of aliphatic hydroxyl groups excluding tert-OH is 1. The van der Waals surface area contributed by atoms with Crippen molar-refractivity contribution in [3.63, 3.8) is 0 Å². The molecule has 0 aliphatic carbocycles. The smallest absolute Gasteiger partial charge is 0.224 e. The number of nitrogens with one attached hydrogen (secondary N) is 2. The van der Waals surface area contributed by atoms with Crippen molar-refractivity contribution in [2.45, 2.75) is 38.2 Å². The van der Waals surface area contributed by atoms with Crippen molar-refractivity contribution in [2.75, 3.05) is 44.8 Å². The number of terminal acetylenes is 1. The molecule has 2 heterocycles. The Bertz CT molecular complexity index is 1060. The summed E-state index contributed by atoms with van der Waals surface area (Å²) in [6.07, 6.45) is 7.74. The molecule has 0 bridgehead atoms. The number of aliphatic hydroxyl groups is 1. The standard InChI is InChI=1S/C27H32N2O6/c1-2-3-4-13-32-24-9-8-22(21-6-10-26(31)29-27(21)24)35-18-20(30)17-28-12-11-19-5-7-23-25(16-19)34-15-14-33-23/h1,5,7-9,16,20,28,30H,3-4,6,10-15,17-18H2,(H,29,31). The van der Waals surface area contributed by atoms with Crippen LogP contribution in [0.25, 0.3) is 0 Å². The highest BCUT2D eigenvalue weighted by atomic mass is 16.6. The second-order valence-corrected chi connectivity index (χ2v) is 8.52. The van der Waals surface area contributed by atoms with Gasteiger partial charge < -0.3 is 34.7 Å². The van der Waals surface area contributed by atoms with E-state index in [2.05, 4.69) is 16.6 Å². The Labute approximate surface area is 205 Å². The highest BCUT2D eigenvalue weighted by Gasteiger charge is 2.23. The van der Waals surface area contributed by atoms with Gasteiger partial charge in [0.25, 0.3) is 0 Å².